The summed E-state index contributed by atoms with van der Waals surface area (Å²) >= 11 is 0. The van der Waals surface area contributed by atoms with E-state index in [1.165, 1.54) is 0 Å². The number of carbonyl (C=O) groups is 2. The van der Waals surface area contributed by atoms with Gasteiger partial charge in [-0.05, 0) is 24.3 Å². The fourth-order valence-corrected chi connectivity index (χ4v) is 3.13. The molecule has 0 bridgehead atoms. The summed E-state index contributed by atoms with van der Waals surface area (Å²) in [7, 11) is 1.57. The van der Waals surface area contributed by atoms with E-state index in [0.29, 0.717) is 35.2 Å². The molecule has 2 amide bonds. The zero-order chi connectivity index (χ0) is 18.1. The Balaban J connectivity index is 1.46. The van der Waals surface area contributed by atoms with Gasteiger partial charge in [0.15, 0.2) is 11.5 Å². The Labute approximate surface area is 150 Å². The molecule has 2 aromatic rings. The van der Waals surface area contributed by atoms with E-state index in [1.54, 1.807) is 54.5 Å². The van der Waals surface area contributed by atoms with Gasteiger partial charge >= 0.3 is 0 Å². The third-order valence-electron chi connectivity index (χ3n) is 4.50. The van der Waals surface area contributed by atoms with Crippen molar-refractivity contribution in [2.24, 2.45) is 5.92 Å². The van der Waals surface area contributed by atoms with Crippen molar-refractivity contribution in [2.45, 2.75) is 6.42 Å². The highest BCUT2D eigenvalue weighted by molar-refractivity contribution is 6.03. The van der Waals surface area contributed by atoms with E-state index < -0.39 is 5.92 Å². The number of nitrogens with one attached hydrogen (secondary N) is 1. The molecule has 2 aromatic carbocycles. The first kappa shape index (κ1) is 16.3. The summed E-state index contributed by atoms with van der Waals surface area (Å²) in [5.41, 5.74) is 1.35. The molecule has 0 aromatic heterocycles. The fraction of sp³-hybridized carbons (Fsp3) is 0.263. The van der Waals surface area contributed by atoms with Crippen molar-refractivity contribution < 1.29 is 23.8 Å². The molecule has 0 radical (unpaired) electrons. The molecule has 1 atom stereocenters. The number of carbonyl (C=O) groups excluding carboxylic acids is 2. The standard InChI is InChI=1S/C19H18N2O5/c1-24-15-4-2-3-13(8-15)20-19(23)12-7-18(22)21(10-12)14-5-6-16-17(9-14)26-11-25-16/h2-6,8-9,12H,7,10-11H2,1H3,(H,20,23). The summed E-state index contributed by atoms with van der Waals surface area (Å²) in [4.78, 5) is 26.6. The Morgan fingerprint density at radius 1 is 1.19 bits per heavy atom. The van der Waals surface area contributed by atoms with Crippen molar-refractivity contribution in [1.82, 2.24) is 0 Å². The highest BCUT2D eigenvalue weighted by atomic mass is 16.7. The molecule has 0 aliphatic carbocycles. The van der Waals surface area contributed by atoms with Gasteiger partial charge in [-0.15, -0.1) is 0 Å². The number of hydrogen-bond donors (Lipinski definition) is 1. The first-order chi connectivity index (χ1) is 12.6. The van der Waals surface area contributed by atoms with Crippen molar-refractivity contribution in [3.05, 3.63) is 42.5 Å². The van der Waals surface area contributed by atoms with Crippen LogP contribution in [0.1, 0.15) is 6.42 Å². The van der Waals surface area contributed by atoms with E-state index in [4.69, 9.17) is 14.2 Å². The van der Waals surface area contributed by atoms with Gasteiger partial charge < -0.3 is 24.4 Å². The van der Waals surface area contributed by atoms with Crippen LogP contribution in [0.25, 0.3) is 0 Å². The van der Waals surface area contributed by atoms with Gasteiger partial charge in [-0.3, -0.25) is 9.59 Å². The molecule has 0 spiro atoms. The molecule has 7 nitrogen and oxygen atoms in total. The van der Waals surface area contributed by atoms with Gasteiger partial charge in [0.05, 0.1) is 13.0 Å². The lowest BCUT2D eigenvalue weighted by Crippen LogP contribution is -2.28. The molecule has 1 saturated heterocycles. The highest BCUT2D eigenvalue weighted by Gasteiger charge is 2.35. The second kappa shape index (κ2) is 6.59. The average Bonchev–Trinajstić information content (AvgIpc) is 3.27. The molecule has 1 unspecified atom stereocenters. The van der Waals surface area contributed by atoms with Gasteiger partial charge in [-0.1, -0.05) is 6.07 Å². The zero-order valence-corrected chi connectivity index (χ0v) is 14.2. The van der Waals surface area contributed by atoms with Gasteiger partial charge in [0, 0.05) is 36.5 Å². The Bertz CT molecular complexity index is 867. The molecule has 26 heavy (non-hydrogen) atoms. The molecule has 134 valence electrons. The smallest absolute Gasteiger partial charge is 0.231 e. The third-order valence-corrected chi connectivity index (χ3v) is 4.50. The maximum absolute atomic E-state index is 12.5. The van der Waals surface area contributed by atoms with Crippen molar-refractivity contribution in [3.8, 4) is 17.2 Å². The minimum absolute atomic E-state index is 0.0883. The van der Waals surface area contributed by atoms with Crippen LogP contribution in [0.4, 0.5) is 11.4 Å². The predicted molar refractivity (Wildman–Crippen MR) is 94.6 cm³/mol. The molecule has 2 aliphatic rings. The largest absolute Gasteiger partial charge is 0.497 e. The molecule has 1 N–H and O–H groups in total. The maximum Gasteiger partial charge on any atom is 0.231 e. The highest BCUT2D eigenvalue weighted by Crippen LogP contribution is 2.37. The van der Waals surface area contributed by atoms with Crippen LogP contribution in [-0.4, -0.2) is 32.3 Å². The second-order valence-electron chi connectivity index (χ2n) is 6.16. The number of nitrogens with zero attached hydrogens (tertiary/aromatic N) is 1. The van der Waals surface area contributed by atoms with Crippen LogP contribution < -0.4 is 24.4 Å². The number of methoxy groups -OCH3 is 1. The summed E-state index contributed by atoms with van der Waals surface area (Å²) in [6.07, 6.45) is 0.171. The third kappa shape index (κ3) is 3.03. The van der Waals surface area contributed by atoms with E-state index in [1.807, 2.05) is 0 Å². The molecule has 2 heterocycles. The number of ether oxygens (including phenoxy) is 3. The topological polar surface area (TPSA) is 77.1 Å². The number of benzene rings is 2. The van der Waals surface area contributed by atoms with Gasteiger partial charge in [-0.25, -0.2) is 0 Å². The Kier molecular flexibility index (Phi) is 4.12. The van der Waals surface area contributed by atoms with Gasteiger partial charge in [0.25, 0.3) is 0 Å². The van der Waals surface area contributed by atoms with E-state index >= 15 is 0 Å². The minimum Gasteiger partial charge on any atom is -0.497 e. The van der Waals surface area contributed by atoms with Crippen LogP contribution >= 0.6 is 0 Å². The Morgan fingerprint density at radius 3 is 2.88 bits per heavy atom. The molecule has 0 saturated carbocycles. The summed E-state index contributed by atoms with van der Waals surface area (Å²) in [5, 5.41) is 2.85. The van der Waals surface area contributed by atoms with Crippen molar-refractivity contribution in [3.63, 3.8) is 0 Å². The lowest BCUT2D eigenvalue weighted by atomic mass is 10.1. The average molecular weight is 354 g/mol. The van der Waals surface area contributed by atoms with Crippen LogP contribution in [-0.2, 0) is 9.59 Å². The number of anilines is 2. The molecular formula is C19H18N2O5. The normalized spacial score (nSPS) is 18.1. The monoisotopic (exact) mass is 354 g/mol. The molecule has 2 aliphatic heterocycles. The van der Waals surface area contributed by atoms with Crippen molar-refractivity contribution in [1.29, 1.82) is 0 Å². The zero-order valence-electron chi connectivity index (χ0n) is 14.2. The van der Waals surface area contributed by atoms with Gasteiger partial charge in [0.2, 0.25) is 18.6 Å². The first-order valence-corrected chi connectivity index (χ1v) is 8.29. The quantitative estimate of drug-likeness (QED) is 0.912. The molecule has 1 fully saturated rings. The number of hydrogen-bond acceptors (Lipinski definition) is 5. The van der Waals surface area contributed by atoms with E-state index in [9.17, 15) is 9.59 Å². The predicted octanol–water partition coefficient (Wildman–Crippen LogP) is 2.42. The lowest BCUT2D eigenvalue weighted by molar-refractivity contribution is -0.122. The number of rotatable bonds is 4. The van der Waals surface area contributed by atoms with E-state index in [0.717, 1.165) is 0 Å². The van der Waals surface area contributed by atoms with Crippen LogP contribution in [0, 0.1) is 5.92 Å². The van der Waals surface area contributed by atoms with Crippen LogP contribution in [0.5, 0.6) is 17.2 Å². The van der Waals surface area contributed by atoms with E-state index in [-0.39, 0.29) is 25.0 Å². The van der Waals surface area contributed by atoms with Crippen LogP contribution in [0.2, 0.25) is 0 Å². The molecule has 7 heteroatoms. The number of fused-ring (bicyclic) bond motifs is 1. The SMILES string of the molecule is COc1cccc(NC(=O)C2CC(=O)N(c3ccc4c(c3)OCO4)C2)c1. The number of amides is 2. The van der Waals surface area contributed by atoms with Crippen molar-refractivity contribution >= 4 is 23.2 Å². The van der Waals surface area contributed by atoms with Gasteiger partial charge in [0.1, 0.15) is 5.75 Å². The summed E-state index contributed by atoms with van der Waals surface area (Å²) in [5.74, 6) is 1.24. The van der Waals surface area contributed by atoms with Gasteiger partial charge in [-0.2, -0.15) is 0 Å². The molecular weight excluding hydrogens is 336 g/mol. The van der Waals surface area contributed by atoms with Crippen molar-refractivity contribution in [2.75, 3.05) is 30.7 Å². The lowest BCUT2D eigenvalue weighted by Gasteiger charge is -2.17. The summed E-state index contributed by atoms with van der Waals surface area (Å²) in [6, 6.07) is 12.5. The fourth-order valence-electron chi connectivity index (χ4n) is 3.13. The Morgan fingerprint density at radius 2 is 2.04 bits per heavy atom. The second-order valence-corrected chi connectivity index (χ2v) is 6.16. The van der Waals surface area contributed by atoms with Crippen LogP contribution in [0.3, 0.4) is 0 Å². The first-order valence-electron chi connectivity index (χ1n) is 8.29. The Hall–Kier alpha value is -3.22. The molecule has 4 rings (SSSR count). The summed E-state index contributed by atoms with van der Waals surface area (Å²) < 4.78 is 15.8. The summed E-state index contributed by atoms with van der Waals surface area (Å²) in [6.45, 7) is 0.507. The van der Waals surface area contributed by atoms with E-state index in [2.05, 4.69) is 5.32 Å². The minimum atomic E-state index is -0.417. The maximum atomic E-state index is 12.5. The van der Waals surface area contributed by atoms with Crippen LogP contribution in [0.15, 0.2) is 42.5 Å².